The van der Waals surface area contributed by atoms with Crippen molar-refractivity contribution in [1.29, 1.82) is 0 Å². The summed E-state index contributed by atoms with van der Waals surface area (Å²) in [7, 11) is -1.24. The van der Waals surface area contributed by atoms with Crippen LogP contribution in [0.3, 0.4) is 0 Å². The highest BCUT2D eigenvalue weighted by Crippen LogP contribution is 2.32. The molecule has 46 heavy (non-hydrogen) atoms. The molecule has 0 radical (unpaired) electrons. The Balaban J connectivity index is 1.40. The molecule has 1 aromatic heterocycles. The van der Waals surface area contributed by atoms with Gasteiger partial charge in [0.15, 0.2) is 17.3 Å². The van der Waals surface area contributed by atoms with Crippen LogP contribution in [0.15, 0.2) is 78.0 Å². The second-order valence-electron chi connectivity index (χ2n) is 10.8. The summed E-state index contributed by atoms with van der Waals surface area (Å²) in [4.78, 5) is 17.9. The quantitative estimate of drug-likeness (QED) is 0.0813. The lowest BCUT2D eigenvalue weighted by molar-refractivity contribution is -0.113. The van der Waals surface area contributed by atoms with Gasteiger partial charge < -0.3 is 18.8 Å². The van der Waals surface area contributed by atoms with E-state index in [1.165, 1.54) is 12.1 Å². The maximum atomic E-state index is 15.2. The summed E-state index contributed by atoms with van der Waals surface area (Å²) in [6.45, 7) is 10.6. The fourth-order valence-corrected chi connectivity index (χ4v) is 6.12. The van der Waals surface area contributed by atoms with Crippen molar-refractivity contribution in [3.63, 3.8) is 0 Å². The number of unbranched alkanes of at least 4 members (excludes halogenated alkanes) is 1. The fourth-order valence-electron chi connectivity index (χ4n) is 4.89. The molecule has 3 aromatic carbocycles. The Hall–Kier alpha value is -4.08. The summed E-state index contributed by atoms with van der Waals surface area (Å²) >= 11 is 0. The van der Waals surface area contributed by atoms with Crippen LogP contribution in [-0.4, -0.2) is 46.0 Å². The zero-order chi connectivity index (χ0) is 32.9. The Labute approximate surface area is 273 Å². The Bertz CT molecular complexity index is 1630. The van der Waals surface area contributed by atoms with Crippen molar-refractivity contribution in [3.05, 3.63) is 101 Å². The third-order valence-corrected chi connectivity index (χ3v) is 8.80. The molecule has 0 amide bonds. The van der Waals surface area contributed by atoms with E-state index in [2.05, 4.69) is 11.9 Å². The van der Waals surface area contributed by atoms with E-state index in [1.807, 2.05) is 60.9 Å². The molecule has 0 aliphatic heterocycles. The van der Waals surface area contributed by atoms with Crippen molar-refractivity contribution in [3.8, 4) is 22.6 Å². The molecule has 0 saturated heterocycles. The van der Waals surface area contributed by atoms with Crippen LogP contribution in [0.5, 0.6) is 11.5 Å². The van der Waals surface area contributed by atoms with Crippen LogP contribution < -0.4 is 9.47 Å². The molecule has 0 N–H and O–H groups in total. The van der Waals surface area contributed by atoms with Crippen molar-refractivity contribution in [2.24, 2.45) is 0 Å². The van der Waals surface area contributed by atoms with Gasteiger partial charge in [-0.1, -0.05) is 37.6 Å². The van der Waals surface area contributed by atoms with Gasteiger partial charge in [0.05, 0.1) is 47.5 Å². The summed E-state index contributed by atoms with van der Waals surface area (Å²) in [5.74, 6) is 0.537. The molecule has 0 aliphatic carbocycles. The summed E-state index contributed by atoms with van der Waals surface area (Å²) in [5.41, 5.74) is 4.57. The van der Waals surface area contributed by atoms with Gasteiger partial charge in [-0.25, -0.2) is 9.37 Å². The lowest BCUT2D eigenvalue weighted by atomic mass is 10.0. The average Bonchev–Trinajstić information content (AvgIpc) is 3.41. The molecular weight excluding hydrogens is 603 g/mol. The molecular formula is C37H43FN2O5S. The number of halogens is 1. The lowest BCUT2D eigenvalue weighted by Gasteiger charge is -2.12. The Morgan fingerprint density at radius 1 is 0.957 bits per heavy atom. The third-order valence-electron chi connectivity index (χ3n) is 7.46. The fraction of sp³-hybridized carbons (Fsp3) is 0.351. The standard InChI is InChI=1S/C37H43FN2O5S/c1-5-8-19-43-20-21-45-33-15-12-29(13-16-33)31-23-30(37(44-7-3)35(38)24-31)11-14-32(41)22-28-9-17-34(18-10-28)46(42)25-36-27(4)39-26-40(36)6-2/h9-18,23-24,26H,5-8,19-22,25H2,1-4H3/b14-11+. The van der Waals surface area contributed by atoms with Crippen LogP contribution in [0.4, 0.5) is 4.39 Å². The topological polar surface area (TPSA) is 79.7 Å². The van der Waals surface area contributed by atoms with Crippen LogP contribution in [0.25, 0.3) is 17.2 Å². The zero-order valence-electron chi connectivity index (χ0n) is 27.1. The molecule has 7 nitrogen and oxygen atoms in total. The first-order chi connectivity index (χ1) is 22.3. The van der Waals surface area contributed by atoms with Gasteiger partial charge in [-0.3, -0.25) is 9.00 Å². The highest BCUT2D eigenvalue weighted by atomic mass is 32.2. The van der Waals surface area contributed by atoms with Crippen LogP contribution >= 0.6 is 0 Å². The Morgan fingerprint density at radius 2 is 1.72 bits per heavy atom. The summed E-state index contributed by atoms with van der Waals surface area (Å²) in [5, 5.41) is 0. The van der Waals surface area contributed by atoms with Crippen molar-refractivity contribution < 1.29 is 27.6 Å². The minimum absolute atomic E-state index is 0.102. The molecule has 4 aromatic rings. The molecule has 0 aliphatic rings. The van der Waals surface area contributed by atoms with E-state index in [4.69, 9.17) is 14.2 Å². The van der Waals surface area contributed by atoms with E-state index in [9.17, 15) is 9.00 Å². The van der Waals surface area contributed by atoms with Gasteiger partial charge in [-0.15, -0.1) is 0 Å². The number of benzene rings is 3. The van der Waals surface area contributed by atoms with Crippen molar-refractivity contribution >= 4 is 22.7 Å². The number of carbonyl (C=O) groups excluding carboxylic acids is 1. The molecule has 0 fully saturated rings. The monoisotopic (exact) mass is 646 g/mol. The van der Waals surface area contributed by atoms with Crippen LogP contribution in [-0.2, 0) is 39.0 Å². The molecule has 1 unspecified atom stereocenters. The summed E-state index contributed by atoms with van der Waals surface area (Å²) < 4.78 is 47.1. The first-order valence-electron chi connectivity index (χ1n) is 15.8. The number of hydrogen-bond donors (Lipinski definition) is 0. The first kappa shape index (κ1) is 34.8. The Morgan fingerprint density at radius 3 is 2.41 bits per heavy atom. The van der Waals surface area contributed by atoms with Crippen molar-refractivity contribution in [2.75, 3.05) is 26.4 Å². The number of hydrogen-bond acceptors (Lipinski definition) is 6. The predicted molar refractivity (Wildman–Crippen MR) is 181 cm³/mol. The van der Waals surface area contributed by atoms with E-state index in [0.29, 0.717) is 40.7 Å². The van der Waals surface area contributed by atoms with Crippen LogP contribution in [0.2, 0.25) is 0 Å². The number of carbonyl (C=O) groups is 1. The number of aromatic nitrogens is 2. The molecule has 9 heteroatoms. The SMILES string of the molecule is CCCCOCCOc1ccc(-c2cc(F)c(OCC)c(/C=C/C(=O)Cc3ccc(S(=O)Cc4c(C)ncn4CC)cc3)c2)cc1. The molecule has 1 atom stereocenters. The number of ether oxygens (including phenoxy) is 3. The van der Waals surface area contributed by atoms with E-state index < -0.39 is 16.6 Å². The van der Waals surface area contributed by atoms with Gasteiger partial charge in [0, 0.05) is 30.0 Å². The number of aryl methyl sites for hydroxylation is 2. The average molecular weight is 647 g/mol. The Kier molecular flexibility index (Phi) is 13.3. The zero-order valence-corrected chi connectivity index (χ0v) is 27.9. The van der Waals surface area contributed by atoms with E-state index in [0.717, 1.165) is 48.5 Å². The number of nitrogens with zero attached hydrogens (tertiary/aromatic N) is 2. The lowest BCUT2D eigenvalue weighted by Crippen LogP contribution is -2.07. The van der Waals surface area contributed by atoms with E-state index in [1.54, 1.807) is 31.5 Å². The van der Waals surface area contributed by atoms with Crippen molar-refractivity contribution in [2.45, 2.75) is 64.2 Å². The molecule has 4 rings (SSSR count). The first-order valence-corrected chi connectivity index (χ1v) is 17.1. The van der Waals surface area contributed by atoms with Gasteiger partial charge >= 0.3 is 0 Å². The maximum Gasteiger partial charge on any atom is 0.166 e. The predicted octanol–water partition coefficient (Wildman–Crippen LogP) is 7.74. The molecule has 244 valence electrons. The highest BCUT2D eigenvalue weighted by molar-refractivity contribution is 7.84. The van der Waals surface area contributed by atoms with Crippen molar-refractivity contribution in [1.82, 2.24) is 9.55 Å². The van der Waals surface area contributed by atoms with Gasteiger partial charge in [0.2, 0.25) is 0 Å². The highest BCUT2D eigenvalue weighted by Gasteiger charge is 2.14. The van der Waals surface area contributed by atoms with E-state index in [-0.39, 0.29) is 24.6 Å². The molecule has 1 heterocycles. The number of allylic oxidation sites excluding steroid dienone is 1. The number of rotatable bonds is 18. The van der Waals surface area contributed by atoms with Crippen LogP contribution in [0.1, 0.15) is 56.1 Å². The summed E-state index contributed by atoms with van der Waals surface area (Å²) in [6, 6.07) is 17.9. The summed E-state index contributed by atoms with van der Waals surface area (Å²) in [6.07, 6.45) is 7.09. The van der Waals surface area contributed by atoms with Gasteiger partial charge in [-0.05, 0) is 92.4 Å². The minimum atomic E-state index is -1.24. The van der Waals surface area contributed by atoms with Gasteiger partial charge in [-0.2, -0.15) is 0 Å². The van der Waals surface area contributed by atoms with Gasteiger partial charge in [0.1, 0.15) is 12.4 Å². The number of ketones is 1. The van der Waals surface area contributed by atoms with E-state index >= 15 is 4.39 Å². The molecule has 0 spiro atoms. The van der Waals surface area contributed by atoms with Gasteiger partial charge in [0.25, 0.3) is 0 Å². The third kappa shape index (κ3) is 9.71. The molecule has 0 bridgehead atoms. The maximum absolute atomic E-state index is 15.2. The molecule has 0 saturated carbocycles. The second-order valence-corrected chi connectivity index (χ2v) is 12.3. The van der Waals surface area contributed by atoms with Crippen LogP contribution in [0, 0.1) is 12.7 Å². The number of imidazole rings is 1. The minimum Gasteiger partial charge on any atom is -0.491 e. The smallest absolute Gasteiger partial charge is 0.166 e. The normalized spacial score (nSPS) is 12.0. The largest absolute Gasteiger partial charge is 0.491 e. The second kappa shape index (κ2) is 17.6.